The molecule has 1 heterocycles. The molecule has 8 heteroatoms. The second-order valence-corrected chi connectivity index (χ2v) is 8.93. The Balaban J connectivity index is 1.59. The maximum absolute atomic E-state index is 6.07. The molecule has 25 heavy (non-hydrogen) atoms. The smallest absolute Gasteiger partial charge is 0.184 e. The van der Waals surface area contributed by atoms with Crippen LogP contribution in [0.2, 0.25) is 10.0 Å². The Morgan fingerprint density at radius 3 is 2.64 bits per heavy atom. The van der Waals surface area contributed by atoms with Crippen molar-refractivity contribution in [1.29, 1.82) is 0 Å². The van der Waals surface area contributed by atoms with E-state index in [0.29, 0.717) is 20.6 Å². The quantitative estimate of drug-likeness (QED) is 0.256. The number of rotatable bonds is 6. The number of aryl methyl sites for hydroxylation is 1. The summed E-state index contributed by atoms with van der Waals surface area (Å²) in [7, 11) is 0. The first kappa shape index (κ1) is 18.7. The van der Waals surface area contributed by atoms with Gasteiger partial charge in [-0.2, -0.15) is 0 Å². The van der Waals surface area contributed by atoms with Crippen LogP contribution in [-0.4, -0.2) is 22.1 Å². The highest BCUT2D eigenvalue weighted by Crippen LogP contribution is 2.28. The molecule has 0 radical (unpaired) electrons. The van der Waals surface area contributed by atoms with Crippen molar-refractivity contribution >= 4 is 58.5 Å². The summed E-state index contributed by atoms with van der Waals surface area (Å²) in [5.74, 6) is 1.66. The average Bonchev–Trinajstić information content (AvgIpc) is 2.96. The lowest BCUT2D eigenvalue weighted by Crippen LogP contribution is -2.00. The monoisotopic (exact) mass is 428 g/mol. The molecule has 0 atom stereocenters. The minimum absolute atomic E-state index is 0.481. The summed E-state index contributed by atoms with van der Waals surface area (Å²) in [4.78, 5) is 0. The van der Waals surface area contributed by atoms with Crippen molar-refractivity contribution < 1.29 is 4.74 Å². The average molecular weight is 429 g/mol. The summed E-state index contributed by atoms with van der Waals surface area (Å²) in [5, 5.41) is 5.53. The molecule has 0 bridgehead atoms. The van der Waals surface area contributed by atoms with Crippen LogP contribution in [-0.2, 0) is 0 Å². The van der Waals surface area contributed by atoms with E-state index in [4.69, 9.17) is 40.2 Å². The van der Waals surface area contributed by atoms with Crippen molar-refractivity contribution in [2.45, 2.75) is 11.3 Å². The highest BCUT2D eigenvalue weighted by molar-refractivity contribution is 8.01. The lowest BCUT2D eigenvalue weighted by molar-refractivity contribution is 0.344. The molecule has 130 valence electrons. The van der Waals surface area contributed by atoms with Crippen molar-refractivity contribution in [3.05, 3.63) is 62.0 Å². The SMILES string of the molecule is Cc1ccc(OCCSc2nn(-c3ccc(Cl)c(Cl)c3)c(=S)s2)cc1. The molecule has 3 rings (SSSR count). The minimum atomic E-state index is 0.481. The van der Waals surface area contributed by atoms with E-state index in [1.165, 1.54) is 16.9 Å². The number of aromatic nitrogens is 2. The van der Waals surface area contributed by atoms with E-state index in [1.54, 1.807) is 28.6 Å². The van der Waals surface area contributed by atoms with Gasteiger partial charge in [0.05, 0.1) is 22.3 Å². The van der Waals surface area contributed by atoms with Gasteiger partial charge in [0, 0.05) is 5.75 Å². The first-order chi connectivity index (χ1) is 12.0. The molecule has 0 aliphatic heterocycles. The van der Waals surface area contributed by atoms with Gasteiger partial charge in [-0.15, -0.1) is 5.10 Å². The molecule has 3 aromatic rings. The van der Waals surface area contributed by atoms with Gasteiger partial charge in [-0.05, 0) is 49.5 Å². The molecule has 0 saturated carbocycles. The van der Waals surface area contributed by atoms with E-state index in [9.17, 15) is 0 Å². The Labute approximate surface area is 169 Å². The van der Waals surface area contributed by atoms with Crippen molar-refractivity contribution in [3.63, 3.8) is 0 Å². The number of hydrogen-bond acceptors (Lipinski definition) is 5. The Bertz CT molecular complexity index is 922. The third-order valence-corrected chi connectivity index (χ3v) is 6.34. The minimum Gasteiger partial charge on any atom is -0.493 e. The van der Waals surface area contributed by atoms with Gasteiger partial charge in [0.25, 0.3) is 0 Å². The van der Waals surface area contributed by atoms with Crippen LogP contribution in [0.3, 0.4) is 0 Å². The van der Waals surface area contributed by atoms with Crippen LogP contribution >= 0.6 is 58.5 Å². The third kappa shape index (κ3) is 4.99. The van der Waals surface area contributed by atoms with E-state index < -0.39 is 0 Å². The number of hydrogen-bond donors (Lipinski definition) is 0. The van der Waals surface area contributed by atoms with Crippen molar-refractivity contribution in [2.24, 2.45) is 0 Å². The number of benzene rings is 2. The third-order valence-electron chi connectivity index (χ3n) is 3.28. The van der Waals surface area contributed by atoms with Gasteiger partial charge in [-0.1, -0.05) is 64.0 Å². The highest BCUT2D eigenvalue weighted by atomic mass is 35.5. The lowest BCUT2D eigenvalue weighted by Gasteiger charge is -2.05. The number of nitrogens with zero attached hydrogens (tertiary/aromatic N) is 2. The topological polar surface area (TPSA) is 27.1 Å². The molecule has 0 aliphatic rings. The van der Waals surface area contributed by atoms with Crippen LogP contribution in [0.25, 0.3) is 5.69 Å². The molecule has 2 aromatic carbocycles. The van der Waals surface area contributed by atoms with Crippen molar-refractivity contribution in [2.75, 3.05) is 12.4 Å². The second-order valence-electron chi connectivity index (χ2n) is 5.15. The normalized spacial score (nSPS) is 10.8. The van der Waals surface area contributed by atoms with E-state index in [0.717, 1.165) is 21.5 Å². The molecular formula is C17H14Cl2N2OS3. The Morgan fingerprint density at radius 2 is 1.92 bits per heavy atom. The molecule has 0 spiro atoms. The van der Waals surface area contributed by atoms with E-state index in [-0.39, 0.29) is 0 Å². The van der Waals surface area contributed by atoms with Crippen molar-refractivity contribution in [3.8, 4) is 11.4 Å². The number of ether oxygens (including phenoxy) is 1. The van der Waals surface area contributed by atoms with Crippen LogP contribution < -0.4 is 4.74 Å². The maximum Gasteiger partial charge on any atom is 0.184 e. The Kier molecular flexibility index (Phi) is 6.41. The van der Waals surface area contributed by atoms with Gasteiger partial charge in [0.15, 0.2) is 8.29 Å². The molecule has 0 amide bonds. The van der Waals surface area contributed by atoms with Gasteiger partial charge in [-0.3, -0.25) is 0 Å². The number of thioether (sulfide) groups is 1. The van der Waals surface area contributed by atoms with Gasteiger partial charge >= 0.3 is 0 Å². The second kappa shape index (κ2) is 8.56. The largest absolute Gasteiger partial charge is 0.493 e. The van der Waals surface area contributed by atoms with Crippen LogP contribution in [0.5, 0.6) is 5.75 Å². The van der Waals surface area contributed by atoms with Crippen LogP contribution in [0, 0.1) is 10.9 Å². The molecule has 3 nitrogen and oxygen atoms in total. The molecule has 0 unspecified atom stereocenters. The summed E-state index contributed by atoms with van der Waals surface area (Å²) < 4.78 is 8.98. The van der Waals surface area contributed by atoms with Crippen molar-refractivity contribution in [1.82, 2.24) is 9.78 Å². The molecule has 1 aromatic heterocycles. The fourth-order valence-corrected chi connectivity index (χ4v) is 4.56. The van der Waals surface area contributed by atoms with E-state index in [2.05, 4.69) is 12.0 Å². The summed E-state index contributed by atoms with van der Waals surface area (Å²) >= 11 is 20.5. The summed E-state index contributed by atoms with van der Waals surface area (Å²) in [6.45, 7) is 2.66. The summed E-state index contributed by atoms with van der Waals surface area (Å²) in [5.41, 5.74) is 2.02. The molecule has 0 fully saturated rings. The van der Waals surface area contributed by atoms with Crippen LogP contribution in [0.4, 0.5) is 0 Å². The van der Waals surface area contributed by atoms with Gasteiger partial charge in [0.2, 0.25) is 0 Å². The Hall–Kier alpha value is -1.05. The summed E-state index contributed by atoms with van der Waals surface area (Å²) in [6.07, 6.45) is 0. The van der Waals surface area contributed by atoms with Crippen LogP contribution in [0.1, 0.15) is 5.56 Å². The molecule has 0 N–H and O–H groups in total. The zero-order chi connectivity index (χ0) is 17.8. The maximum atomic E-state index is 6.07. The fraction of sp³-hybridized carbons (Fsp3) is 0.176. The summed E-state index contributed by atoms with van der Waals surface area (Å²) in [6, 6.07) is 13.4. The van der Waals surface area contributed by atoms with Gasteiger partial charge < -0.3 is 4.74 Å². The Morgan fingerprint density at radius 1 is 1.16 bits per heavy atom. The van der Waals surface area contributed by atoms with Gasteiger partial charge in [-0.25, -0.2) is 4.68 Å². The molecule has 0 aliphatic carbocycles. The highest BCUT2D eigenvalue weighted by Gasteiger charge is 2.08. The van der Waals surface area contributed by atoms with Gasteiger partial charge in [0.1, 0.15) is 5.75 Å². The predicted octanol–water partition coefficient (Wildman–Crippen LogP) is 6.45. The molecular weight excluding hydrogens is 415 g/mol. The number of halogens is 2. The lowest BCUT2D eigenvalue weighted by atomic mass is 10.2. The molecule has 0 saturated heterocycles. The van der Waals surface area contributed by atoms with Crippen LogP contribution in [0.15, 0.2) is 46.8 Å². The first-order valence-electron chi connectivity index (χ1n) is 7.41. The van der Waals surface area contributed by atoms with E-state index in [1.807, 2.05) is 30.3 Å². The fourth-order valence-electron chi connectivity index (χ4n) is 2.02. The van der Waals surface area contributed by atoms with E-state index >= 15 is 0 Å². The standard InChI is InChI=1S/C17H14Cl2N2OS3/c1-11-2-5-13(6-3-11)22-8-9-24-16-20-21(17(23)25-16)12-4-7-14(18)15(19)10-12/h2-7,10H,8-9H2,1H3. The zero-order valence-corrected chi connectivity index (χ0v) is 17.2. The zero-order valence-electron chi connectivity index (χ0n) is 13.2. The predicted molar refractivity (Wildman–Crippen MR) is 110 cm³/mol. The first-order valence-corrected chi connectivity index (χ1v) is 10.4.